The fourth-order valence-corrected chi connectivity index (χ4v) is 1.63. The quantitative estimate of drug-likeness (QED) is 0.697. The smallest absolute Gasteiger partial charge is 0.190 e. The van der Waals surface area contributed by atoms with Crippen molar-refractivity contribution in [3.63, 3.8) is 0 Å². The van der Waals surface area contributed by atoms with Gasteiger partial charge in [0.15, 0.2) is 5.65 Å². The van der Waals surface area contributed by atoms with Crippen LogP contribution >= 0.6 is 11.6 Å². The van der Waals surface area contributed by atoms with Crippen LogP contribution in [0, 0.1) is 13.8 Å². The SMILES string of the molecule is COn1c(C)c(C)n2ncc(Cl)c12. The van der Waals surface area contributed by atoms with Crippen molar-refractivity contribution in [3.8, 4) is 0 Å². The van der Waals surface area contributed by atoms with E-state index in [1.54, 1.807) is 22.6 Å². The molecule has 4 nitrogen and oxygen atoms in total. The van der Waals surface area contributed by atoms with Crippen molar-refractivity contribution in [1.82, 2.24) is 14.3 Å². The molecule has 0 aromatic carbocycles. The molecule has 13 heavy (non-hydrogen) atoms. The van der Waals surface area contributed by atoms with Gasteiger partial charge in [-0.25, -0.2) is 4.52 Å². The number of hydrogen-bond donors (Lipinski definition) is 0. The number of rotatable bonds is 1. The first-order valence-electron chi connectivity index (χ1n) is 3.92. The summed E-state index contributed by atoms with van der Waals surface area (Å²) in [5, 5.41) is 4.73. The average Bonchev–Trinajstić information content (AvgIpc) is 2.58. The van der Waals surface area contributed by atoms with E-state index in [1.165, 1.54) is 0 Å². The summed E-state index contributed by atoms with van der Waals surface area (Å²) in [6, 6.07) is 0. The van der Waals surface area contributed by atoms with Crippen LogP contribution in [0.25, 0.3) is 5.65 Å². The number of fused-ring (bicyclic) bond motifs is 1. The Morgan fingerprint density at radius 3 is 2.69 bits per heavy atom. The van der Waals surface area contributed by atoms with Crippen molar-refractivity contribution in [1.29, 1.82) is 0 Å². The number of hydrogen-bond acceptors (Lipinski definition) is 2. The van der Waals surface area contributed by atoms with Gasteiger partial charge in [-0.15, -0.1) is 0 Å². The van der Waals surface area contributed by atoms with Crippen LogP contribution in [-0.4, -0.2) is 21.5 Å². The van der Waals surface area contributed by atoms with Crippen LogP contribution in [0.15, 0.2) is 6.20 Å². The lowest BCUT2D eigenvalue weighted by Gasteiger charge is -2.02. The Balaban J connectivity index is 2.92. The van der Waals surface area contributed by atoms with E-state index in [1.807, 2.05) is 13.8 Å². The summed E-state index contributed by atoms with van der Waals surface area (Å²) in [5.74, 6) is 0. The number of halogens is 1. The van der Waals surface area contributed by atoms with Gasteiger partial charge in [0.25, 0.3) is 0 Å². The summed E-state index contributed by atoms with van der Waals surface area (Å²) < 4.78 is 3.44. The Bertz CT molecular complexity index is 457. The van der Waals surface area contributed by atoms with Crippen LogP contribution in [0.4, 0.5) is 0 Å². The van der Waals surface area contributed by atoms with E-state index in [0.717, 1.165) is 17.0 Å². The van der Waals surface area contributed by atoms with Crippen LogP contribution in [0.2, 0.25) is 5.02 Å². The second-order valence-electron chi connectivity index (χ2n) is 2.88. The van der Waals surface area contributed by atoms with Crippen LogP contribution in [-0.2, 0) is 0 Å². The van der Waals surface area contributed by atoms with E-state index in [0.29, 0.717) is 5.02 Å². The van der Waals surface area contributed by atoms with Crippen molar-refractivity contribution in [2.45, 2.75) is 13.8 Å². The van der Waals surface area contributed by atoms with Gasteiger partial charge in [-0.3, -0.25) is 0 Å². The predicted molar refractivity (Wildman–Crippen MR) is 50.2 cm³/mol. The summed E-state index contributed by atoms with van der Waals surface area (Å²) in [6.07, 6.45) is 1.61. The van der Waals surface area contributed by atoms with Crippen molar-refractivity contribution in [3.05, 3.63) is 22.6 Å². The third kappa shape index (κ3) is 0.951. The average molecular weight is 200 g/mol. The molecule has 2 rings (SSSR count). The molecule has 0 spiro atoms. The molecule has 2 aromatic heterocycles. The monoisotopic (exact) mass is 199 g/mol. The van der Waals surface area contributed by atoms with E-state index >= 15 is 0 Å². The Morgan fingerprint density at radius 2 is 2.08 bits per heavy atom. The number of nitrogens with zero attached hydrogens (tertiary/aromatic N) is 3. The highest BCUT2D eigenvalue weighted by molar-refractivity contribution is 6.33. The molecule has 0 amide bonds. The van der Waals surface area contributed by atoms with Crippen LogP contribution in [0.5, 0.6) is 0 Å². The Hall–Kier alpha value is -1.16. The molecule has 0 atom stereocenters. The molecule has 0 radical (unpaired) electrons. The maximum Gasteiger partial charge on any atom is 0.190 e. The lowest BCUT2D eigenvalue weighted by atomic mass is 10.4. The number of aromatic nitrogens is 3. The van der Waals surface area contributed by atoms with Gasteiger partial charge in [0, 0.05) is 0 Å². The van der Waals surface area contributed by atoms with Gasteiger partial charge < -0.3 is 4.84 Å². The van der Waals surface area contributed by atoms with Crippen LogP contribution < -0.4 is 4.84 Å². The van der Waals surface area contributed by atoms with Gasteiger partial charge in [-0.05, 0) is 13.8 Å². The van der Waals surface area contributed by atoms with Crippen molar-refractivity contribution < 1.29 is 4.84 Å². The third-order valence-corrected chi connectivity index (χ3v) is 2.49. The molecule has 5 heteroatoms. The molecule has 2 heterocycles. The fourth-order valence-electron chi connectivity index (χ4n) is 1.43. The molecule has 0 saturated carbocycles. The van der Waals surface area contributed by atoms with Gasteiger partial charge in [-0.2, -0.15) is 9.83 Å². The highest BCUT2D eigenvalue weighted by Gasteiger charge is 2.15. The highest BCUT2D eigenvalue weighted by Crippen LogP contribution is 2.21. The molecule has 70 valence electrons. The molecule has 0 aliphatic heterocycles. The third-order valence-electron chi connectivity index (χ3n) is 2.22. The zero-order valence-corrected chi connectivity index (χ0v) is 8.46. The second-order valence-corrected chi connectivity index (χ2v) is 3.28. The lowest BCUT2D eigenvalue weighted by molar-refractivity contribution is 0.172. The maximum atomic E-state index is 5.96. The topological polar surface area (TPSA) is 31.5 Å². The van der Waals surface area contributed by atoms with Crippen molar-refractivity contribution in [2.75, 3.05) is 7.11 Å². The molecule has 0 saturated heterocycles. The summed E-state index contributed by atoms with van der Waals surface area (Å²) in [4.78, 5) is 5.19. The van der Waals surface area contributed by atoms with Crippen LogP contribution in [0.1, 0.15) is 11.4 Å². The molecule has 0 bridgehead atoms. The fraction of sp³-hybridized carbons (Fsp3) is 0.375. The Kier molecular flexibility index (Phi) is 1.73. The van der Waals surface area contributed by atoms with Crippen LogP contribution in [0.3, 0.4) is 0 Å². The minimum atomic E-state index is 0.595. The minimum Gasteiger partial charge on any atom is -0.415 e. The molecule has 0 aliphatic rings. The van der Waals surface area contributed by atoms with Gasteiger partial charge in [0.05, 0.1) is 17.6 Å². The van der Waals surface area contributed by atoms with Gasteiger partial charge in [0.2, 0.25) is 0 Å². The zero-order valence-electron chi connectivity index (χ0n) is 7.71. The normalized spacial score (nSPS) is 11.1. The first-order chi connectivity index (χ1) is 6.16. The van der Waals surface area contributed by atoms with Gasteiger partial charge in [0.1, 0.15) is 12.1 Å². The van der Waals surface area contributed by atoms with Crippen molar-refractivity contribution >= 4 is 17.2 Å². The molecule has 0 N–H and O–H groups in total. The Labute approximate surface area is 80.6 Å². The van der Waals surface area contributed by atoms with E-state index in [9.17, 15) is 0 Å². The number of imidazole rings is 1. The standard InChI is InChI=1S/C8H10ClN3O/c1-5-6(2)12(13-3)8-7(9)4-10-11(5)8/h4H,1-3H3. The molecule has 2 aromatic rings. The maximum absolute atomic E-state index is 5.96. The first-order valence-corrected chi connectivity index (χ1v) is 4.30. The van der Waals surface area contributed by atoms with E-state index in [2.05, 4.69) is 5.10 Å². The lowest BCUT2D eigenvalue weighted by Crippen LogP contribution is -2.07. The van der Waals surface area contributed by atoms with E-state index in [-0.39, 0.29) is 0 Å². The molecule has 0 unspecified atom stereocenters. The molecule has 0 fully saturated rings. The van der Waals surface area contributed by atoms with Gasteiger partial charge in [-0.1, -0.05) is 11.6 Å². The first kappa shape index (κ1) is 8.44. The molecular formula is C8H10ClN3O. The van der Waals surface area contributed by atoms with E-state index < -0.39 is 0 Å². The zero-order chi connectivity index (χ0) is 9.59. The Morgan fingerprint density at radius 1 is 1.38 bits per heavy atom. The predicted octanol–water partition coefficient (Wildman–Crippen LogP) is 1.46. The summed E-state index contributed by atoms with van der Waals surface area (Å²) >= 11 is 5.96. The van der Waals surface area contributed by atoms with Gasteiger partial charge >= 0.3 is 0 Å². The van der Waals surface area contributed by atoms with Crippen molar-refractivity contribution in [2.24, 2.45) is 0 Å². The minimum absolute atomic E-state index is 0.595. The largest absolute Gasteiger partial charge is 0.415 e. The molecule has 0 aliphatic carbocycles. The second kappa shape index (κ2) is 2.67. The molecular weight excluding hydrogens is 190 g/mol. The highest BCUT2D eigenvalue weighted by atomic mass is 35.5. The summed E-state index contributed by atoms with van der Waals surface area (Å²) in [7, 11) is 1.61. The summed E-state index contributed by atoms with van der Waals surface area (Å²) in [5.41, 5.74) is 2.82. The van der Waals surface area contributed by atoms with E-state index in [4.69, 9.17) is 16.4 Å². The summed E-state index contributed by atoms with van der Waals surface area (Å²) in [6.45, 7) is 3.94. The number of aryl methyl sites for hydroxylation is 1.